The number of rotatable bonds is 7. The summed E-state index contributed by atoms with van der Waals surface area (Å²) in [6.45, 7) is 4.74. The summed E-state index contributed by atoms with van der Waals surface area (Å²) in [5, 5.41) is 2.39. The van der Waals surface area contributed by atoms with E-state index in [0.717, 1.165) is 35.5 Å². The van der Waals surface area contributed by atoms with Crippen LogP contribution in [0.1, 0.15) is 65.6 Å². The van der Waals surface area contributed by atoms with E-state index in [9.17, 15) is 0 Å². The van der Waals surface area contributed by atoms with Crippen molar-refractivity contribution in [1.29, 1.82) is 0 Å². The Morgan fingerprint density at radius 1 is 0.476 bits per heavy atom. The Bertz CT molecular complexity index is 3280. The Balaban J connectivity index is 1.15. The molecular formula is C62H45N. The molecule has 0 bridgehead atoms. The maximum absolute atomic E-state index is 3.74. The van der Waals surface area contributed by atoms with Crippen LogP contribution in [0.4, 0.5) is 17.1 Å². The predicted octanol–water partition coefficient (Wildman–Crippen LogP) is 16.0. The molecule has 0 aromatic heterocycles. The summed E-state index contributed by atoms with van der Waals surface area (Å²) >= 11 is 0. The zero-order chi connectivity index (χ0) is 42.1. The van der Waals surface area contributed by atoms with Gasteiger partial charge in [-0.05, 0) is 133 Å². The molecule has 9 aromatic rings. The maximum Gasteiger partial charge on any atom is 0.0977 e. The Hall–Kier alpha value is -7.66. The van der Waals surface area contributed by atoms with Gasteiger partial charge in [-0.25, -0.2) is 0 Å². The lowest BCUT2D eigenvalue weighted by Gasteiger charge is -2.35. The van der Waals surface area contributed by atoms with Crippen LogP contribution in [0.5, 0.6) is 0 Å². The molecular weight excluding hydrogens is 759 g/mol. The average Bonchev–Trinajstić information content (AvgIpc) is 3.78. The van der Waals surface area contributed by atoms with Crippen LogP contribution in [0.2, 0.25) is 0 Å². The van der Waals surface area contributed by atoms with Gasteiger partial charge in [0.25, 0.3) is 0 Å². The van der Waals surface area contributed by atoms with Crippen LogP contribution in [0.15, 0.2) is 212 Å². The number of hydrogen-bond acceptors (Lipinski definition) is 1. The van der Waals surface area contributed by atoms with Gasteiger partial charge in [0.1, 0.15) is 0 Å². The first-order valence-corrected chi connectivity index (χ1v) is 22.2. The van der Waals surface area contributed by atoms with Crippen molar-refractivity contribution in [3.05, 3.63) is 263 Å². The van der Waals surface area contributed by atoms with E-state index >= 15 is 0 Å². The number of fused-ring (bicyclic) bond motifs is 7. The van der Waals surface area contributed by atoms with Gasteiger partial charge in [0.05, 0.1) is 22.5 Å². The van der Waals surface area contributed by atoms with Crippen LogP contribution in [-0.4, -0.2) is 0 Å². The molecule has 0 N–H and O–H groups in total. The standard InChI is InChI=1S/C62H45N/c1-61(2)55-32-15-11-29-50(55)53-37-36-45(39-58(53)61)54-38-43-22-9-10-23-44(43)40-60(54)63(59-35-18-14-28-49(59)42-20-5-3-6-21-42)48-27-19-26-47(41-48)62(46-24-7-4-8-25-46)56-33-16-12-30-51(56)52-31-13-17-34-57(52)62/h3-5,7-18,20,22-26,28-41H,6,21H2,1-2H3. The van der Waals surface area contributed by atoms with Gasteiger partial charge in [-0.15, -0.1) is 0 Å². The fourth-order valence-electron chi connectivity index (χ4n) is 11.1. The summed E-state index contributed by atoms with van der Waals surface area (Å²) in [6, 6.07) is 79.6. The van der Waals surface area contributed by atoms with Crippen LogP contribution >= 0.6 is 0 Å². The molecule has 298 valence electrons. The van der Waals surface area contributed by atoms with Crippen molar-refractivity contribution in [2.75, 3.05) is 4.90 Å². The first kappa shape index (κ1) is 37.1. The van der Waals surface area contributed by atoms with Crippen LogP contribution in [0.3, 0.4) is 0 Å². The van der Waals surface area contributed by atoms with E-state index in [1.54, 1.807) is 0 Å². The number of allylic oxidation sites excluding steroid dienone is 4. The Morgan fingerprint density at radius 3 is 1.79 bits per heavy atom. The minimum Gasteiger partial charge on any atom is -0.302 e. The second kappa shape index (κ2) is 14.5. The van der Waals surface area contributed by atoms with Crippen molar-refractivity contribution in [3.8, 4) is 33.4 Å². The third-order valence-electron chi connectivity index (χ3n) is 14.1. The van der Waals surface area contributed by atoms with Crippen LogP contribution in [-0.2, 0) is 10.8 Å². The number of nitrogens with zero attached hydrogens (tertiary/aromatic N) is 1. The highest BCUT2D eigenvalue weighted by Crippen LogP contribution is 2.57. The van der Waals surface area contributed by atoms with Gasteiger partial charge in [0.15, 0.2) is 0 Å². The number of para-hydroxylation sites is 1. The molecule has 0 unspecified atom stereocenters. The Morgan fingerprint density at radius 2 is 1.08 bits per heavy atom. The second-order valence-electron chi connectivity index (χ2n) is 17.8. The minimum absolute atomic E-state index is 0.136. The molecule has 9 aromatic carbocycles. The summed E-state index contributed by atoms with van der Waals surface area (Å²) in [6.07, 6.45) is 8.77. The van der Waals surface area contributed by atoms with E-state index in [2.05, 4.69) is 243 Å². The number of benzene rings is 8. The predicted molar refractivity (Wildman–Crippen MR) is 263 cm³/mol. The van der Waals surface area contributed by atoms with E-state index in [4.69, 9.17) is 0 Å². The van der Waals surface area contributed by atoms with Gasteiger partial charge >= 0.3 is 0 Å². The summed E-state index contributed by atoms with van der Waals surface area (Å²) in [5.74, 6) is 0. The minimum atomic E-state index is -0.580. The summed E-state index contributed by atoms with van der Waals surface area (Å²) in [4.78, 5) is 2.48. The van der Waals surface area contributed by atoms with Gasteiger partial charge < -0.3 is 4.90 Å². The lowest BCUT2D eigenvalue weighted by molar-refractivity contribution is 0.660. The van der Waals surface area contributed by atoms with Crippen molar-refractivity contribution in [2.24, 2.45) is 0 Å². The van der Waals surface area contributed by atoms with Crippen LogP contribution < -0.4 is 4.90 Å². The van der Waals surface area contributed by atoms with Gasteiger partial charge in [0, 0.05) is 16.5 Å². The van der Waals surface area contributed by atoms with Crippen molar-refractivity contribution in [3.63, 3.8) is 0 Å². The Labute approximate surface area is 371 Å². The van der Waals surface area contributed by atoms with Crippen molar-refractivity contribution >= 4 is 33.4 Å². The molecule has 0 saturated heterocycles. The fraction of sp³-hybridized carbons (Fsp3) is 0.0968. The smallest absolute Gasteiger partial charge is 0.0977 e. The molecule has 0 saturated carbocycles. The van der Waals surface area contributed by atoms with Crippen molar-refractivity contribution < 1.29 is 0 Å². The van der Waals surface area contributed by atoms with Crippen LogP contribution in [0.25, 0.3) is 49.7 Å². The molecule has 0 fully saturated rings. The lowest BCUT2D eigenvalue weighted by Crippen LogP contribution is -2.28. The highest BCUT2D eigenvalue weighted by atomic mass is 15.1. The van der Waals surface area contributed by atoms with Gasteiger partial charge in [-0.2, -0.15) is 0 Å². The van der Waals surface area contributed by atoms with E-state index in [-0.39, 0.29) is 5.41 Å². The summed E-state index contributed by atoms with van der Waals surface area (Å²) in [5.41, 5.74) is 20.2. The topological polar surface area (TPSA) is 3.24 Å². The van der Waals surface area contributed by atoms with Crippen molar-refractivity contribution in [1.82, 2.24) is 0 Å². The molecule has 3 aliphatic carbocycles. The zero-order valence-electron chi connectivity index (χ0n) is 35.6. The van der Waals surface area contributed by atoms with E-state index in [1.165, 1.54) is 83.1 Å². The first-order chi connectivity index (χ1) is 31.0. The summed E-state index contributed by atoms with van der Waals surface area (Å²) < 4.78 is 0. The van der Waals surface area contributed by atoms with Crippen molar-refractivity contribution in [2.45, 2.75) is 37.5 Å². The highest BCUT2D eigenvalue weighted by molar-refractivity contribution is 6.00. The Kier molecular flexibility index (Phi) is 8.53. The quantitative estimate of drug-likeness (QED) is 0.155. The highest BCUT2D eigenvalue weighted by Gasteiger charge is 2.46. The van der Waals surface area contributed by atoms with E-state index in [1.807, 2.05) is 0 Å². The second-order valence-corrected chi connectivity index (χ2v) is 17.8. The largest absolute Gasteiger partial charge is 0.302 e. The van der Waals surface area contributed by atoms with Gasteiger partial charge in [-0.3, -0.25) is 0 Å². The molecule has 0 amide bonds. The van der Waals surface area contributed by atoms with Gasteiger partial charge in [-0.1, -0.05) is 196 Å². The van der Waals surface area contributed by atoms with Crippen LogP contribution in [0, 0.1) is 12.1 Å². The monoisotopic (exact) mass is 803 g/mol. The molecule has 0 heterocycles. The zero-order valence-corrected chi connectivity index (χ0v) is 35.6. The lowest BCUT2D eigenvalue weighted by atomic mass is 9.68. The molecule has 0 atom stereocenters. The number of anilines is 3. The molecule has 3 aliphatic rings. The fourth-order valence-corrected chi connectivity index (χ4v) is 11.1. The first-order valence-electron chi connectivity index (χ1n) is 22.2. The normalized spacial score (nSPS) is 14.9. The van der Waals surface area contributed by atoms with E-state index < -0.39 is 5.41 Å². The van der Waals surface area contributed by atoms with Gasteiger partial charge in [0.2, 0.25) is 0 Å². The molecule has 63 heavy (non-hydrogen) atoms. The summed E-state index contributed by atoms with van der Waals surface area (Å²) in [7, 11) is 0. The molecule has 0 spiro atoms. The third-order valence-corrected chi connectivity index (χ3v) is 14.1. The molecule has 0 radical (unpaired) electrons. The maximum atomic E-state index is 3.74. The van der Waals surface area contributed by atoms with E-state index in [0.29, 0.717) is 0 Å². The average molecular weight is 804 g/mol. The SMILES string of the molecule is CC1(C)c2ccccc2-c2ccc(-c3cc4ccccc4cc3N(c3c#ccc(C4(c5ccccc5)c5ccccc5-c5ccccc54)c3)c3ccccc3C3=CC=CCC3)cc21. The third kappa shape index (κ3) is 5.65. The molecule has 1 nitrogen and oxygen atoms in total. The molecule has 12 rings (SSSR count). The molecule has 0 aliphatic heterocycles. The molecule has 1 heteroatoms. The number of hydrogen-bond donors (Lipinski definition) is 0.